The highest BCUT2D eigenvalue weighted by Gasteiger charge is 2.12. The highest BCUT2D eigenvalue weighted by molar-refractivity contribution is 5.96. The number of carbonyl (C=O) groups is 3. The Hall–Kier alpha value is -1.67. The number of hydrogen-bond acceptors (Lipinski definition) is 5. The number of amides is 2. The molecule has 0 radical (unpaired) electrons. The van der Waals surface area contributed by atoms with Gasteiger partial charge in [-0.1, -0.05) is 0 Å². The number of rotatable bonds is 2. The Kier molecular flexibility index (Phi) is 6.83. The van der Waals surface area contributed by atoms with Crippen molar-refractivity contribution in [1.82, 2.24) is 20.9 Å². The Morgan fingerprint density at radius 1 is 1.05 bits per heavy atom. The molecule has 19 heavy (non-hydrogen) atoms. The van der Waals surface area contributed by atoms with Crippen LogP contribution in [0.4, 0.5) is 0 Å². The minimum Gasteiger partial charge on any atom is -0.480 e. The van der Waals surface area contributed by atoms with Crippen LogP contribution in [0.3, 0.4) is 0 Å². The number of nitrogens with one attached hydrogen (secondary N) is 3. The van der Waals surface area contributed by atoms with Crippen molar-refractivity contribution in [3.8, 4) is 0 Å². The van der Waals surface area contributed by atoms with Crippen molar-refractivity contribution >= 4 is 17.8 Å². The van der Waals surface area contributed by atoms with Crippen LogP contribution in [-0.2, 0) is 14.4 Å². The molecule has 1 fully saturated rings. The van der Waals surface area contributed by atoms with Crippen LogP contribution in [0.25, 0.3) is 0 Å². The lowest BCUT2D eigenvalue weighted by Gasteiger charge is -2.20. The first-order valence-electron chi connectivity index (χ1n) is 6.26. The van der Waals surface area contributed by atoms with E-state index < -0.39 is 5.97 Å². The average molecular weight is 272 g/mol. The van der Waals surface area contributed by atoms with Crippen LogP contribution in [0, 0.1) is 0 Å². The van der Waals surface area contributed by atoms with Crippen LogP contribution in [0.1, 0.15) is 6.42 Å². The molecule has 1 saturated heterocycles. The van der Waals surface area contributed by atoms with Gasteiger partial charge in [0.05, 0.1) is 6.54 Å². The first kappa shape index (κ1) is 15.4. The summed E-state index contributed by atoms with van der Waals surface area (Å²) in [7, 11) is 0. The standard InChI is InChI=1S/C11H20N4O4/c16-9-7-10(17)14-4-6-15(8-11(18)19)5-3-12-1-2-13-9/h12H,1-8H2,(H,13,16)(H,14,17)(H,18,19). The van der Waals surface area contributed by atoms with E-state index in [2.05, 4.69) is 16.0 Å². The van der Waals surface area contributed by atoms with Gasteiger partial charge in [-0.2, -0.15) is 0 Å². The zero-order chi connectivity index (χ0) is 14.1. The maximum Gasteiger partial charge on any atom is 0.317 e. The lowest BCUT2D eigenvalue weighted by molar-refractivity contribution is -0.138. The molecule has 1 aliphatic heterocycles. The van der Waals surface area contributed by atoms with Gasteiger partial charge >= 0.3 is 5.97 Å². The van der Waals surface area contributed by atoms with Crippen LogP contribution < -0.4 is 16.0 Å². The summed E-state index contributed by atoms with van der Waals surface area (Å²) in [6.07, 6.45) is -0.196. The first-order chi connectivity index (χ1) is 9.08. The number of aliphatic carboxylic acids is 1. The van der Waals surface area contributed by atoms with Crippen molar-refractivity contribution in [3.05, 3.63) is 0 Å². The van der Waals surface area contributed by atoms with Gasteiger partial charge in [0.2, 0.25) is 11.8 Å². The molecule has 4 N–H and O–H groups in total. The van der Waals surface area contributed by atoms with Gasteiger partial charge in [-0.25, -0.2) is 0 Å². The summed E-state index contributed by atoms with van der Waals surface area (Å²) in [5.74, 6) is -1.55. The average Bonchev–Trinajstić information content (AvgIpc) is 2.32. The maximum absolute atomic E-state index is 11.4. The summed E-state index contributed by atoms with van der Waals surface area (Å²) >= 11 is 0. The zero-order valence-corrected chi connectivity index (χ0v) is 10.8. The lowest BCUT2D eigenvalue weighted by atomic mass is 10.3. The second-order valence-electron chi connectivity index (χ2n) is 4.30. The van der Waals surface area contributed by atoms with E-state index >= 15 is 0 Å². The molecule has 1 heterocycles. The Morgan fingerprint density at radius 3 is 2.37 bits per heavy atom. The van der Waals surface area contributed by atoms with Crippen molar-refractivity contribution in [2.75, 3.05) is 45.8 Å². The van der Waals surface area contributed by atoms with Gasteiger partial charge < -0.3 is 21.1 Å². The molecule has 2 amide bonds. The molecule has 1 aliphatic rings. The third-order valence-corrected chi connectivity index (χ3v) is 2.66. The van der Waals surface area contributed by atoms with E-state index in [0.29, 0.717) is 39.3 Å². The van der Waals surface area contributed by atoms with Gasteiger partial charge in [0.1, 0.15) is 6.42 Å². The van der Waals surface area contributed by atoms with Crippen molar-refractivity contribution in [2.24, 2.45) is 0 Å². The molecule has 0 spiro atoms. The van der Waals surface area contributed by atoms with E-state index in [1.807, 2.05) is 0 Å². The van der Waals surface area contributed by atoms with Gasteiger partial charge in [0.25, 0.3) is 0 Å². The Morgan fingerprint density at radius 2 is 1.68 bits per heavy atom. The molecule has 1 rings (SSSR count). The molecule has 8 heteroatoms. The Labute approximate surface area is 111 Å². The van der Waals surface area contributed by atoms with Gasteiger partial charge in [-0.3, -0.25) is 19.3 Å². The summed E-state index contributed by atoms with van der Waals surface area (Å²) in [6, 6.07) is 0. The minimum atomic E-state index is -0.896. The third-order valence-electron chi connectivity index (χ3n) is 2.66. The second-order valence-corrected chi connectivity index (χ2v) is 4.30. The zero-order valence-electron chi connectivity index (χ0n) is 10.8. The summed E-state index contributed by atoms with van der Waals surface area (Å²) in [5.41, 5.74) is 0. The molecule has 0 aromatic heterocycles. The van der Waals surface area contributed by atoms with Crippen molar-refractivity contribution in [1.29, 1.82) is 0 Å². The first-order valence-corrected chi connectivity index (χ1v) is 6.26. The predicted octanol–water partition coefficient (Wildman–Crippen LogP) is -2.40. The number of carbonyl (C=O) groups excluding carboxylic acids is 2. The van der Waals surface area contributed by atoms with E-state index in [4.69, 9.17) is 5.11 Å². The predicted molar refractivity (Wildman–Crippen MR) is 67.6 cm³/mol. The van der Waals surface area contributed by atoms with E-state index in [-0.39, 0.29) is 24.8 Å². The van der Waals surface area contributed by atoms with E-state index in [1.165, 1.54) is 0 Å². The van der Waals surface area contributed by atoms with Gasteiger partial charge in [0.15, 0.2) is 0 Å². The number of hydrogen-bond donors (Lipinski definition) is 4. The largest absolute Gasteiger partial charge is 0.480 e. The van der Waals surface area contributed by atoms with Crippen molar-refractivity contribution < 1.29 is 19.5 Å². The third kappa shape index (κ3) is 7.37. The Balaban J connectivity index is 2.47. The molecule has 0 saturated carbocycles. The number of carboxylic acid groups (broad SMARTS) is 1. The Bertz CT molecular complexity index is 335. The fraction of sp³-hybridized carbons (Fsp3) is 0.727. The van der Waals surface area contributed by atoms with Crippen LogP contribution in [0.15, 0.2) is 0 Å². The highest BCUT2D eigenvalue weighted by atomic mass is 16.4. The smallest absolute Gasteiger partial charge is 0.317 e. The van der Waals surface area contributed by atoms with Gasteiger partial charge in [-0.05, 0) is 0 Å². The molecule has 0 bridgehead atoms. The molecule has 0 atom stereocenters. The van der Waals surface area contributed by atoms with E-state index in [1.54, 1.807) is 4.90 Å². The molecular formula is C11H20N4O4. The fourth-order valence-electron chi connectivity index (χ4n) is 1.74. The number of nitrogens with zero attached hydrogens (tertiary/aromatic N) is 1. The molecule has 108 valence electrons. The SMILES string of the molecule is O=C(O)CN1CCNCCNC(=O)CC(=O)NCC1. The normalized spacial score (nSPS) is 20.4. The van der Waals surface area contributed by atoms with Gasteiger partial charge in [-0.15, -0.1) is 0 Å². The van der Waals surface area contributed by atoms with Crippen molar-refractivity contribution in [2.45, 2.75) is 6.42 Å². The monoisotopic (exact) mass is 272 g/mol. The summed E-state index contributed by atoms with van der Waals surface area (Å²) in [4.78, 5) is 35.2. The maximum atomic E-state index is 11.4. The summed E-state index contributed by atoms with van der Waals surface area (Å²) in [6.45, 7) is 2.97. The van der Waals surface area contributed by atoms with Crippen LogP contribution in [-0.4, -0.2) is 73.6 Å². The summed E-state index contributed by atoms with van der Waals surface area (Å²) in [5, 5.41) is 17.1. The molecule has 0 aliphatic carbocycles. The fourth-order valence-corrected chi connectivity index (χ4v) is 1.74. The van der Waals surface area contributed by atoms with Crippen LogP contribution >= 0.6 is 0 Å². The lowest BCUT2D eigenvalue weighted by Crippen LogP contribution is -2.41. The molecule has 0 aromatic rings. The quantitative estimate of drug-likeness (QED) is 0.417. The second kappa shape index (κ2) is 8.44. The van der Waals surface area contributed by atoms with Crippen molar-refractivity contribution in [3.63, 3.8) is 0 Å². The number of carboxylic acids is 1. The molecule has 0 unspecified atom stereocenters. The van der Waals surface area contributed by atoms with E-state index in [0.717, 1.165) is 0 Å². The van der Waals surface area contributed by atoms with Crippen LogP contribution in [0.5, 0.6) is 0 Å². The topological polar surface area (TPSA) is 111 Å². The summed E-state index contributed by atoms with van der Waals surface area (Å²) < 4.78 is 0. The molecular weight excluding hydrogens is 252 g/mol. The molecule has 0 aromatic carbocycles. The highest BCUT2D eigenvalue weighted by Crippen LogP contribution is 1.88. The minimum absolute atomic E-state index is 0.0608. The van der Waals surface area contributed by atoms with Crippen LogP contribution in [0.2, 0.25) is 0 Å². The van der Waals surface area contributed by atoms with E-state index in [9.17, 15) is 14.4 Å². The molecule has 8 nitrogen and oxygen atoms in total. The van der Waals surface area contributed by atoms with Gasteiger partial charge in [0, 0.05) is 39.3 Å².